The summed E-state index contributed by atoms with van der Waals surface area (Å²) in [6, 6.07) is 4.18. The minimum Gasteiger partial charge on any atom is -0.304 e. The standard InChI is InChI=1S/C11H11FN4O/c1-7-5-8(3-4-9(7)12)11(17)14-10-6-13-16(2)15-10/h3-6H,1-2H3,(H,14,15,17). The summed E-state index contributed by atoms with van der Waals surface area (Å²) >= 11 is 0. The second-order valence-corrected chi connectivity index (χ2v) is 3.64. The Balaban J connectivity index is 2.17. The Morgan fingerprint density at radius 1 is 1.47 bits per heavy atom. The summed E-state index contributed by atoms with van der Waals surface area (Å²) < 4.78 is 13.0. The Morgan fingerprint density at radius 3 is 2.82 bits per heavy atom. The first-order valence-electron chi connectivity index (χ1n) is 5.00. The molecule has 1 amide bonds. The lowest BCUT2D eigenvalue weighted by atomic mass is 10.1. The van der Waals surface area contributed by atoms with Crippen LogP contribution in [0.25, 0.3) is 0 Å². The summed E-state index contributed by atoms with van der Waals surface area (Å²) in [4.78, 5) is 13.1. The van der Waals surface area contributed by atoms with Gasteiger partial charge in [-0.15, -0.1) is 5.10 Å². The van der Waals surface area contributed by atoms with Gasteiger partial charge in [0.05, 0.1) is 6.20 Å². The second kappa shape index (κ2) is 4.32. The van der Waals surface area contributed by atoms with E-state index >= 15 is 0 Å². The number of amides is 1. The van der Waals surface area contributed by atoms with Crippen molar-refractivity contribution >= 4 is 11.7 Å². The molecule has 0 spiro atoms. The van der Waals surface area contributed by atoms with E-state index in [0.717, 1.165) is 0 Å². The van der Waals surface area contributed by atoms with Crippen LogP contribution in [0.15, 0.2) is 24.4 Å². The molecule has 2 aromatic rings. The SMILES string of the molecule is Cc1cc(C(=O)Nc2cnn(C)n2)ccc1F. The van der Waals surface area contributed by atoms with Crippen molar-refractivity contribution < 1.29 is 9.18 Å². The van der Waals surface area contributed by atoms with Crippen molar-refractivity contribution in [3.8, 4) is 0 Å². The summed E-state index contributed by atoms with van der Waals surface area (Å²) in [6.45, 7) is 1.61. The number of anilines is 1. The first kappa shape index (κ1) is 11.3. The van der Waals surface area contributed by atoms with Gasteiger partial charge < -0.3 is 5.32 Å². The van der Waals surface area contributed by atoms with Gasteiger partial charge >= 0.3 is 0 Å². The molecular weight excluding hydrogens is 223 g/mol. The average molecular weight is 234 g/mol. The van der Waals surface area contributed by atoms with Crippen LogP contribution in [0.1, 0.15) is 15.9 Å². The van der Waals surface area contributed by atoms with Gasteiger partial charge in [0, 0.05) is 12.6 Å². The molecule has 5 nitrogen and oxygen atoms in total. The number of hydrogen-bond acceptors (Lipinski definition) is 3. The summed E-state index contributed by atoms with van der Waals surface area (Å²) in [5, 5.41) is 10.3. The van der Waals surface area contributed by atoms with E-state index in [-0.39, 0.29) is 11.7 Å². The molecule has 0 aliphatic rings. The quantitative estimate of drug-likeness (QED) is 0.856. The maximum absolute atomic E-state index is 13.0. The Morgan fingerprint density at radius 2 is 2.24 bits per heavy atom. The highest BCUT2D eigenvalue weighted by Gasteiger charge is 2.09. The minimum atomic E-state index is -0.339. The van der Waals surface area contributed by atoms with E-state index in [1.165, 1.54) is 29.2 Å². The van der Waals surface area contributed by atoms with Crippen molar-refractivity contribution in [1.82, 2.24) is 15.0 Å². The largest absolute Gasteiger partial charge is 0.304 e. The third kappa shape index (κ3) is 2.47. The number of aryl methyl sites for hydroxylation is 2. The topological polar surface area (TPSA) is 59.8 Å². The van der Waals surface area contributed by atoms with Crippen molar-refractivity contribution in [1.29, 1.82) is 0 Å². The fourth-order valence-corrected chi connectivity index (χ4v) is 1.38. The van der Waals surface area contributed by atoms with Gasteiger partial charge in [-0.25, -0.2) is 4.39 Å². The van der Waals surface area contributed by atoms with Crippen LogP contribution in [0.2, 0.25) is 0 Å². The van der Waals surface area contributed by atoms with E-state index in [1.54, 1.807) is 14.0 Å². The Labute approximate surface area is 97.3 Å². The number of nitrogens with zero attached hydrogens (tertiary/aromatic N) is 3. The minimum absolute atomic E-state index is 0.332. The third-order valence-corrected chi connectivity index (χ3v) is 2.26. The molecule has 2 rings (SSSR count). The van der Waals surface area contributed by atoms with Crippen LogP contribution >= 0.6 is 0 Å². The smallest absolute Gasteiger partial charge is 0.256 e. The average Bonchev–Trinajstić information content (AvgIpc) is 2.68. The zero-order valence-corrected chi connectivity index (χ0v) is 9.44. The summed E-state index contributed by atoms with van der Waals surface area (Å²) in [5.74, 6) is -0.311. The summed E-state index contributed by atoms with van der Waals surface area (Å²) in [5.41, 5.74) is 0.811. The van der Waals surface area contributed by atoms with Crippen LogP contribution in [0.3, 0.4) is 0 Å². The van der Waals surface area contributed by atoms with E-state index in [0.29, 0.717) is 16.9 Å². The van der Waals surface area contributed by atoms with E-state index < -0.39 is 0 Å². The summed E-state index contributed by atoms with van der Waals surface area (Å²) in [6.07, 6.45) is 1.44. The van der Waals surface area contributed by atoms with E-state index in [4.69, 9.17) is 0 Å². The first-order valence-corrected chi connectivity index (χ1v) is 5.00. The number of benzene rings is 1. The predicted molar refractivity (Wildman–Crippen MR) is 60.1 cm³/mol. The first-order chi connectivity index (χ1) is 8.06. The van der Waals surface area contributed by atoms with Gasteiger partial charge in [0.2, 0.25) is 0 Å². The second-order valence-electron chi connectivity index (χ2n) is 3.64. The number of aromatic nitrogens is 3. The Bertz CT molecular complexity index is 564. The molecule has 1 aromatic carbocycles. The lowest BCUT2D eigenvalue weighted by Gasteiger charge is -2.03. The molecule has 0 radical (unpaired) electrons. The highest BCUT2D eigenvalue weighted by atomic mass is 19.1. The van der Waals surface area contributed by atoms with Crippen LogP contribution in [0, 0.1) is 12.7 Å². The van der Waals surface area contributed by atoms with Gasteiger partial charge in [-0.1, -0.05) is 0 Å². The normalized spacial score (nSPS) is 10.3. The van der Waals surface area contributed by atoms with Gasteiger partial charge in [0.15, 0.2) is 5.82 Å². The van der Waals surface area contributed by atoms with Gasteiger partial charge in [-0.2, -0.15) is 9.90 Å². The number of carbonyl (C=O) groups excluding carboxylic acids is 1. The molecule has 1 heterocycles. The van der Waals surface area contributed by atoms with Gasteiger partial charge in [-0.05, 0) is 30.7 Å². The van der Waals surface area contributed by atoms with Crippen molar-refractivity contribution in [2.24, 2.45) is 7.05 Å². The van der Waals surface area contributed by atoms with Crippen LogP contribution < -0.4 is 5.32 Å². The number of halogens is 1. The van der Waals surface area contributed by atoms with Gasteiger partial charge in [-0.3, -0.25) is 4.79 Å². The molecule has 0 saturated heterocycles. The number of rotatable bonds is 2. The molecule has 0 aliphatic heterocycles. The molecule has 0 saturated carbocycles. The van der Waals surface area contributed by atoms with Crippen molar-refractivity contribution in [2.45, 2.75) is 6.92 Å². The fraction of sp³-hybridized carbons (Fsp3) is 0.182. The lowest BCUT2D eigenvalue weighted by Crippen LogP contribution is -2.12. The fourth-order valence-electron chi connectivity index (χ4n) is 1.38. The molecule has 6 heteroatoms. The van der Waals surface area contributed by atoms with Crippen LogP contribution in [0.4, 0.5) is 10.2 Å². The zero-order valence-electron chi connectivity index (χ0n) is 9.44. The maximum Gasteiger partial charge on any atom is 0.256 e. The summed E-state index contributed by atoms with van der Waals surface area (Å²) in [7, 11) is 1.65. The molecule has 0 atom stereocenters. The highest BCUT2D eigenvalue weighted by molar-refractivity contribution is 6.03. The molecule has 17 heavy (non-hydrogen) atoms. The highest BCUT2D eigenvalue weighted by Crippen LogP contribution is 2.10. The Hall–Kier alpha value is -2.24. The molecule has 0 bridgehead atoms. The van der Waals surface area contributed by atoms with Crippen LogP contribution in [-0.4, -0.2) is 20.9 Å². The van der Waals surface area contributed by atoms with Crippen LogP contribution in [-0.2, 0) is 7.05 Å². The lowest BCUT2D eigenvalue weighted by molar-refractivity contribution is 0.102. The molecule has 0 aliphatic carbocycles. The van der Waals surface area contributed by atoms with E-state index in [9.17, 15) is 9.18 Å². The van der Waals surface area contributed by atoms with E-state index in [2.05, 4.69) is 15.5 Å². The van der Waals surface area contributed by atoms with E-state index in [1.807, 2.05) is 0 Å². The predicted octanol–water partition coefficient (Wildman–Crippen LogP) is 1.51. The molecular formula is C11H11FN4O. The van der Waals surface area contributed by atoms with Crippen molar-refractivity contribution in [3.63, 3.8) is 0 Å². The molecule has 1 N–H and O–H groups in total. The molecule has 0 fully saturated rings. The Kier molecular flexibility index (Phi) is 2.86. The third-order valence-electron chi connectivity index (χ3n) is 2.26. The maximum atomic E-state index is 13.0. The number of hydrogen-bond donors (Lipinski definition) is 1. The van der Waals surface area contributed by atoms with Gasteiger partial charge in [0.1, 0.15) is 5.82 Å². The zero-order chi connectivity index (χ0) is 12.4. The number of nitrogens with one attached hydrogen (secondary N) is 1. The molecule has 88 valence electrons. The van der Waals surface area contributed by atoms with Crippen LogP contribution in [0.5, 0.6) is 0 Å². The molecule has 1 aromatic heterocycles. The van der Waals surface area contributed by atoms with Crippen molar-refractivity contribution in [3.05, 3.63) is 41.3 Å². The monoisotopic (exact) mass is 234 g/mol. The van der Waals surface area contributed by atoms with Gasteiger partial charge in [0.25, 0.3) is 5.91 Å². The number of carbonyl (C=O) groups is 1. The van der Waals surface area contributed by atoms with Crippen molar-refractivity contribution in [2.75, 3.05) is 5.32 Å². The molecule has 0 unspecified atom stereocenters.